The minimum atomic E-state index is -3.59. The summed E-state index contributed by atoms with van der Waals surface area (Å²) >= 11 is 1.41. The van der Waals surface area contributed by atoms with Crippen LogP contribution in [-0.4, -0.2) is 67.4 Å². The SMILES string of the molecule is O=C1CSc2ccc(S(=O)(=O)N3CCCC3)cc2N1CC(=O)N1CCC[C@@H]2CCCC[C@@H]21. The van der Waals surface area contributed by atoms with Crippen molar-refractivity contribution in [1.29, 1.82) is 0 Å². The maximum atomic E-state index is 13.4. The number of benzene rings is 1. The predicted octanol–water partition coefficient (Wildman–Crippen LogP) is 3.09. The summed E-state index contributed by atoms with van der Waals surface area (Å²) in [6.07, 6.45) is 8.59. The lowest BCUT2D eigenvalue weighted by molar-refractivity contribution is -0.137. The lowest BCUT2D eigenvalue weighted by atomic mass is 9.78. The van der Waals surface area contributed by atoms with E-state index in [1.807, 2.05) is 4.90 Å². The number of carbonyl (C=O) groups excluding carboxylic acids is 2. The van der Waals surface area contributed by atoms with Gasteiger partial charge in [0.1, 0.15) is 6.54 Å². The first-order valence-corrected chi connectivity index (χ1v) is 14.2. The van der Waals surface area contributed by atoms with Crippen molar-refractivity contribution >= 4 is 39.3 Å². The smallest absolute Gasteiger partial charge is 0.243 e. The Bertz CT molecular complexity index is 1000. The molecule has 0 radical (unpaired) electrons. The molecule has 32 heavy (non-hydrogen) atoms. The molecular weight excluding hydrogens is 446 g/mol. The third-order valence-corrected chi connectivity index (χ3v) is 10.4. The molecule has 1 aliphatic carbocycles. The van der Waals surface area contributed by atoms with Crippen molar-refractivity contribution in [3.8, 4) is 0 Å². The van der Waals surface area contributed by atoms with Gasteiger partial charge in [0, 0.05) is 30.6 Å². The molecule has 1 saturated carbocycles. The van der Waals surface area contributed by atoms with E-state index in [-0.39, 0.29) is 29.0 Å². The molecule has 0 N–H and O–H groups in total. The molecule has 0 bridgehead atoms. The number of fused-ring (bicyclic) bond motifs is 2. The Hall–Kier alpha value is -1.58. The van der Waals surface area contributed by atoms with Gasteiger partial charge in [-0.1, -0.05) is 12.8 Å². The number of thioether (sulfide) groups is 1. The summed E-state index contributed by atoms with van der Waals surface area (Å²) in [5.41, 5.74) is 0.553. The van der Waals surface area contributed by atoms with E-state index >= 15 is 0 Å². The summed E-state index contributed by atoms with van der Waals surface area (Å²) in [6.45, 7) is 1.81. The number of carbonyl (C=O) groups is 2. The molecule has 7 nitrogen and oxygen atoms in total. The molecule has 174 valence electrons. The molecule has 3 fully saturated rings. The van der Waals surface area contributed by atoms with E-state index in [2.05, 4.69) is 0 Å². The summed E-state index contributed by atoms with van der Waals surface area (Å²) in [6, 6.07) is 5.30. The predicted molar refractivity (Wildman–Crippen MR) is 124 cm³/mol. The second-order valence-corrected chi connectivity index (χ2v) is 12.3. The molecular formula is C23H31N3O4S2. The summed E-state index contributed by atoms with van der Waals surface area (Å²) in [7, 11) is -3.59. The molecule has 5 rings (SSSR count). The van der Waals surface area contributed by atoms with Crippen LogP contribution in [0.3, 0.4) is 0 Å². The van der Waals surface area contributed by atoms with Crippen LogP contribution in [0, 0.1) is 5.92 Å². The van der Waals surface area contributed by atoms with E-state index in [1.165, 1.54) is 40.2 Å². The lowest BCUT2D eigenvalue weighted by Gasteiger charge is -2.44. The molecule has 2 amide bonds. The Morgan fingerprint density at radius 2 is 1.75 bits per heavy atom. The number of anilines is 1. The Balaban J connectivity index is 1.40. The van der Waals surface area contributed by atoms with Gasteiger partial charge in [-0.3, -0.25) is 9.59 Å². The maximum absolute atomic E-state index is 13.4. The van der Waals surface area contributed by atoms with Gasteiger partial charge in [-0.05, 0) is 62.6 Å². The first kappa shape index (κ1) is 22.2. The van der Waals surface area contributed by atoms with E-state index in [4.69, 9.17) is 0 Å². The van der Waals surface area contributed by atoms with Crippen LogP contribution < -0.4 is 4.90 Å². The zero-order chi connectivity index (χ0) is 22.3. The van der Waals surface area contributed by atoms with E-state index in [9.17, 15) is 18.0 Å². The number of hydrogen-bond donors (Lipinski definition) is 0. The zero-order valence-corrected chi connectivity index (χ0v) is 20.0. The van der Waals surface area contributed by atoms with Crippen LogP contribution in [0.5, 0.6) is 0 Å². The van der Waals surface area contributed by atoms with Gasteiger partial charge in [0.2, 0.25) is 21.8 Å². The van der Waals surface area contributed by atoms with E-state index in [0.29, 0.717) is 30.7 Å². The fourth-order valence-corrected chi connectivity index (χ4v) is 8.21. The highest BCUT2D eigenvalue weighted by Gasteiger charge is 2.38. The highest BCUT2D eigenvalue weighted by molar-refractivity contribution is 8.00. The van der Waals surface area contributed by atoms with Crippen molar-refractivity contribution in [2.45, 2.75) is 67.2 Å². The Kier molecular flexibility index (Phi) is 6.24. The van der Waals surface area contributed by atoms with Crippen molar-refractivity contribution < 1.29 is 18.0 Å². The molecule has 1 aromatic rings. The molecule has 1 aromatic carbocycles. The third-order valence-electron chi connectivity index (χ3n) is 7.43. The van der Waals surface area contributed by atoms with Crippen LogP contribution in [0.2, 0.25) is 0 Å². The van der Waals surface area contributed by atoms with Gasteiger partial charge in [-0.25, -0.2) is 8.42 Å². The second-order valence-electron chi connectivity index (χ2n) is 9.35. The van der Waals surface area contributed by atoms with Gasteiger partial charge in [0.15, 0.2) is 0 Å². The fourth-order valence-electron chi connectivity index (χ4n) is 5.75. The number of sulfonamides is 1. The van der Waals surface area contributed by atoms with Crippen LogP contribution in [0.1, 0.15) is 51.4 Å². The number of rotatable bonds is 4. The van der Waals surface area contributed by atoms with E-state index < -0.39 is 10.0 Å². The molecule has 3 aliphatic heterocycles. The van der Waals surface area contributed by atoms with Crippen molar-refractivity contribution in [2.75, 3.05) is 36.8 Å². The van der Waals surface area contributed by atoms with Crippen molar-refractivity contribution in [3.63, 3.8) is 0 Å². The van der Waals surface area contributed by atoms with E-state index in [1.54, 1.807) is 18.2 Å². The lowest BCUT2D eigenvalue weighted by Crippen LogP contribution is -2.53. The Morgan fingerprint density at radius 3 is 2.56 bits per heavy atom. The molecule has 3 heterocycles. The summed E-state index contributed by atoms with van der Waals surface area (Å²) in [5, 5.41) is 0. The van der Waals surface area contributed by atoms with Crippen LogP contribution in [-0.2, 0) is 19.6 Å². The number of piperidine rings is 1. The van der Waals surface area contributed by atoms with Crippen LogP contribution in [0.4, 0.5) is 5.69 Å². The van der Waals surface area contributed by atoms with Crippen molar-refractivity contribution in [3.05, 3.63) is 18.2 Å². The molecule has 0 aromatic heterocycles. The standard InChI is InChI=1S/C23H31N3O4S2/c27-22(25-13-5-7-17-6-1-2-8-19(17)25)15-26-20-14-18(9-10-21(20)31-16-23(26)28)32(29,30)24-11-3-4-12-24/h9-10,14,17,19H,1-8,11-13,15-16H2/t17-,19-/m0/s1. The normalized spacial score (nSPS) is 26.7. The third kappa shape index (κ3) is 4.07. The average molecular weight is 478 g/mol. The minimum absolute atomic E-state index is 0.0111. The highest BCUT2D eigenvalue weighted by Crippen LogP contribution is 2.39. The average Bonchev–Trinajstić information content (AvgIpc) is 3.36. The first-order chi connectivity index (χ1) is 15.4. The topological polar surface area (TPSA) is 78.0 Å². The molecule has 2 saturated heterocycles. The number of nitrogens with zero attached hydrogens (tertiary/aromatic N) is 3. The van der Waals surface area contributed by atoms with Gasteiger partial charge in [0.05, 0.1) is 16.3 Å². The quantitative estimate of drug-likeness (QED) is 0.666. The summed E-state index contributed by atoms with van der Waals surface area (Å²) < 4.78 is 27.7. The maximum Gasteiger partial charge on any atom is 0.243 e. The Labute approximate surface area is 194 Å². The van der Waals surface area contributed by atoms with Crippen LogP contribution >= 0.6 is 11.8 Å². The number of hydrogen-bond acceptors (Lipinski definition) is 5. The second kappa shape index (κ2) is 8.99. The molecule has 0 spiro atoms. The first-order valence-electron chi connectivity index (χ1n) is 11.8. The largest absolute Gasteiger partial charge is 0.338 e. The highest BCUT2D eigenvalue weighted by atomic mass is 32.2. The van der Waals surface area contributed by atoms with Gasteiger partial charge in [0.25, 0.3) is 0 Å². The van der Waals surface area contributed by atoms with Gasteiger partial charge in [-0.15, -0.1) is 11.8 Å². The monoisotopic (exact) mass is 477 g/mol. The van der Waals surface area contributed by atoms with Crippen molar-refractivity contribution in [1.82, 2.24) is 9.21 Å². The Morgan fingerprint density at radius 1 is 1.00 bits per heavy atom. The summed E-state index contributed by atoms with van der Waals surface area (Å²) in [5.74, 6) is 0.702. The molecule has 0 unspecified atom stereocenters. The molecule has 4 aliphatic rings. The van der Waals surface area contributed by atoms with Gasteiger partial charge >= 0.3 is 0 Å². The van der Waals surface area contributed by atoms with Crippen LogP contribution in [0.25, 0.3) is 0 Å². The van der Waals surface area contributed by atoms with Crippen LogP contribution in [0.15, 0.2) is 28.0 Å². The summed E-state index contributed by atoms with van der Waals surface area (Å²) in [4.78, 5) is 30.8. The van der Waals surface area contributed by atoms with Crippen molar-refractivity contribution in [2.24, 2.45) is 5.92 Å². The number of likely N-dealkylation sites (tertiary alicyclic amines) is 1. The molecule has 9 heteroatoms. The minimum Gasteiger partial charge on any atom is -0.338 e. The van der Waals surface area contributed by atoms with Gasteiger partial charge < -0.3 is 9.80 Å². The van der Waals surface area contributed by atoms with Gasteiger partial charge in [-0.2, -0.15) is 4.31 Å². The molecule has 2 atom stereocenters. The zero-order valence-electron chi connectivity index (χ0n) is 18.4. The fraction of sp³-hybridized carbons (Fsp3) is 0.652. The number of amides is 2. The van der Waals surface area contributed by atoms with E-state index in [0.717, 1.165) is 43.5 Å².